The summed E-state index contributed by atoms with van der Waals surface area (Å²) in [5.41, 5.74) is 4.02. The number of hydrogen-bond acceptors (Lipinski definition) is 3. The molecule has 2 heterocycles. The predicted molar refractivity (Wildman–Crippen MR) is 108 cm³/mol. The standard InChI is InChI=1S/C20H19Cl2FN4/c21-16-3-6-19(18(22)11-16)27-9-7-26(8-10-27)13-15-12-24-25-20(15)14-1-4-17(23)5-2-14/h1-6,11-12H,7-10,13H2,(H,24,25). The lowest BCUT2D eigenvalue weighted by Gasteiger charge is -2.36. The van der Waals surface area contributed by atoms with Crippen molar-refractivity contribution in [2.45, 2.75) is 6.54 Å². The molecule has 0 spiro atoms. The molecule has 0 unspecified atom stereocenters. The number of H-pyrrole nitrogens is 1. The molecule has 0 atom stereocenters. The van der Waals surface area contributed by atoms with Crippen LogP contribution in [0.4, 0.5) is 10.1 Å². The van der Waals surface area contributed by atoms with Gasteiger partial charge in [-0.3, -0.25) is 10.00 Å². The molecule has 1 aliphatic rings. The molecule has 1 aromatic heterocycles. The van der Waals surface area contributed by atoms with E-state index in [0.717, 1.165) is 55.2 Å². The van der Waals surface area contributed by atoms with Crippen molar-refractivity contribution in [2.24, 2.45) is 0 Å². The van der Waals surface area contributed by atoms with E-state index in [4.69, 9.17) is 23.2 Å². The highest BCUT2D eigenvalue weighted by molar-refractivity contribution is 6.36. The second-order valence-corrected chi connectivity index (χ2v) is 7.48. The maximum absolute atomic E-state index is 13.2. The molecule has 1 fully saturated rings. The van der Waals surface area contributed by atoms with Crippen molar-refractivity contribution in [3.8, 4) is 11.3 Å². The molecule has 140 valence electrons. The summed E-state index contributed by atoms with van der Waals surface area (Å²) in [5, 5.41) is 8.56. The Morgan fingerprint density at radius 3 is 2.44 bits per heavy atom. The molecule has 27 heavy (non-hydrogen) atoms. The minimum absolute atomic E-state index is 0.239. The van der Waals surface area contributed by atoms with E-state index < -0.39 is 0 Å². The summed E-state index contributed by atoms with van der Waals surface area (Å²) in [6.07, 6.45) is 1.85. The lowest BCUT2D eigenvalue weighted by Crippen LogP contribution is -2.46. The summed E-state index contributed by atoms with van der Waals surface area (Å²) < 4.78 is 13.2. The van der Waals surface area contributed by atoms with E-state index in [9.17, 15) is 4.39 Å². The van der Waals surface area contributed by atoms with Gasteiger partial charge in [0.25, 0.3) is 0 Å². The van der Waals surface area contributed by atoms with Crippen molar-refractivity contribution in [3.05, 3.63) is 70.1 Å². The molecule has 4 rings (SSSR count). The number of hydrogen-bond donors (Lipinski definition) is 1. The van der Waals surface area contributed by atoms with Gasteiger partial charge in [-0.2, -0.15) is 5.10 Å². The molecule has 3 aromatic rings. The lowest BCUT2D eigenvalue weighted by molar-refractivity contribution is 0.250. The fourth-order valence-corrected chi connectivity index (χ4v) is 3.95. The molecule has 1 saturated heterocycles. The van der Waals surface area contributed by atoms with Gasteiger partial charge in [0.1, 0.15) is 5.82 Å². The van der Waals surface area contributed by atoms with Crippen LogP contribution in [-0.4, -0.2) is 41.3 Å². The smallest absolute Gasteiger partial charge is 0.123 e. The van der Waals surface area contributed by atoms with Crippen LogP contribution in [0.3, 0.4) is 0 Å². The molecule has 2 aromatic carbocycles. The fourth-order valence-electron chi connectivity index (χ4n) is 3.42. The quantitative estimate of drug-likeness (QED) is 0.675. The maximum Gasteiger partial charge on any atom is 0.123 e. The summed E-state index contributed by atoms with van der Waals surface area (Å²) >= 11 is 12.3. The Kier molecular flexibility index (Phi) is 5.34. The van der Waals surface area contributed by atoms with Crippen LogP contribution in [0.1, 0.15) is 5.56 Å². The third-order valence-electron chi connectivity index (χ3n) is 4.87. The van der Waals surface area contributed by atoms with E-state index in [1.807, 2.05) is 18.3 Å². The largest absolute Gasteiger partial charge is 0.368 e. The van der Waals surface area contributed by atoms with E-state index in [0.29, 0.717) is 10.0 Å². The number of rotatable bonds is 4. The molecular weight excluding hydrogens is 386 g/mol. The minimum Gasteiger partial charge on any atom is -0.368 e. The Morgan fingerprint density at radius 1 is 1.00 bits per heavy atom. The zero-order valence-electron chi connectivity index (χ0n) is 14.6. The van der Waals surface area contributed by atoms with Gasteiger partial charge in [-0.25, -0.2) is 4.39 Å². The van der Waals surface area contributed by atoms with Crippen molar-refractivity contribution >= 4 is 28.9 Å². The van der Waals surface area contributed by atoms with Gasteiger partial charge in [-0.15, -0.1) is 0 Å². The first-order chi connectivity index (χ1) is 13.1. The second kappa shape index (κ2) is 7.89. The number of aromatic amines is 1. The molecular formula is C20H19Cl2FN4. The van der Waals surface area contributed by atoms with Crippen molar-refractivity contribution in [1.29, 1.82) is 0 Å². The van der Waals surface area contributed by atoms with Gasteiger partial charge in [0.2, 0.25) is 0 Å². The van der Waals surface area contributed by atoms with Crippen molar-refractivity contribution in [1.82, 2.24) is 15.1 Å². The summed E-state index contributed by atoms with van der Waals surface area (Å²) in [5.74, 6) is -0.239. The van der Waals surface area contributed by atoms with Crippen molar-refractivity contribution < 1.29 is 4.39 Å². The Morgan fingerprint density at radius 2 is 1.74 bits per heavy atom. The first-order valence-corrected chi connectivity index (χ1v) is 9.56. The molecule has 1 N–H and O–H groups in total. The Hall–Kier alpha value is -2.08. The van der Waals surface area contributed by atoms with E-state index in [-0.39, 0.29) is 5.82 Å². The van der Waals surface area contributed by atoms with Gasteiger partial charge in [0.05, 0.1) is 22.6 Å². The molecule has 1 aliphatic heterocycles. The predicted octanol–water partition coefficient (Wildman–Crippen LogP) is 4.84. The summed E-state index contributed by atoms with van der Waals surface area (Å²) in [6.45, 7) is 4.43. The first-order valence-electron chi connectivity index (χ1n) is 8.81. The first kappa shape index (κ1) is 18.3. The van der Waals surface area contributed by atoms with Crippen LogP contribution in [0.2, 0.25) is 10.0 Å². The normalized spacial score (nSPS) is 15.3. The average Bonchev–Trinajstić information content (AvgIpc) is 3.11. The number of piperazine rings is 1. The van der Waals surface area contributed by atoms with E-state index in [1.165, 1.54) is 12.1 Å². The molecule has 0 aliphatic carbocycles. The number of halogens is 3. The third-order valence-corrected chi connectivity index (χ3v) is 5.41. The lowest BCUT2D eigenvalue weighted by atomic mass is 10.1. The zero-order chi connectivity index (χ0) is 18.8. The highest BCUT2D eigenvalue weighted by atomic mass is 35.5. The molecule has 7 heteroatoms. The van der Waals surface area contributed by atoms with Crippen LogP contribution in [0.5, 0.6) is 0 Å². The van der Waals surface area contributed by atoms with Gasteiger partial charge < -0.3 is 4.90 Å². The topological polar surface area (TPSA) is 35.2 Å². The van der Waals surface area contributed by atoms with E-state index in [1.54, 1.807) is 18.2 Å². The Bertz CT molecular complexity index is 918. The highest BCUT2D eigenvalue weighted by Crippen LogP contribution is 2.30. The second-order valence-electron chi connectivity index (χ2n) is 6.64. The van der Waals surface area contributed by atoms with E-state index >= 15 is 0 Å². The van der Waals surface area contributed by atoms with Gasteiger partial charge in [-0.1, -0.05) is 23.2 Å². The van der Waals surface area contributed by atoms with Crippen LogP contribution in [-0.2, 0) is 6.54 Å². The molecule has 0 amide bonds. The van der Waals surface area contributed by atoms with Gasteiger partial charge in [0.15, 0.2) is 0 Å². The summed E-state index contributed by atoms with van der Waals surface area (Å²) in [7, 11) is 0. The number of aromatic nitrogens is 2. The van der Waals surface area contributed by atoms with Crippen LogP contribution >= 0.6 is 23.2 Å². The van der Waals surface area contributed by atoms with Crippen LogP contribution < -0.4 is 4.90 Å². The van der Waals surface area contributed by atoms with Crippen molar-refractivity contribution in [2.75, 3.05) is 31.1 Å². The SMILES string of the molecule is Fc1ccc(-c2[nH]ncc2CN2CCN(c3ccc(Cl)cc3Cl)CC2)cc1. The monoisotopic (exact) mass is 404 g/mol. The number of anilines is 1. The van der Waals surface area contributed by atoms with Gasteiger partial charge in [-0.05, 0) is 42.5 Å². The molecule has 0 radical (unpaired) electrons. The average molecular weight is 405 g/mol. The summed E-state index contributed by atoms with van der Waals surface area (Å²) in [4.78, 5) is 4.67. The number of nitrogens with zero attached hydrogens (tertiary/aromatic N) is 3. The molecule has 0 saturated carbocycles. The van der Waals surface area contributed by atoms with Crippen LogP contribution in [0.15, 0.2) is 48.7 Å². The van der Waals surface area contributed by atoms with E-state index in [2.05, 4.69) is 20.0 Å². The number of benzene rings is 2. The zero-order valence-corrected chi connectivity index (χ0v) is 16.1. The van der Waals surface area contributed by atoms with Gasteiger partial charge >= 0.3 is 0 Å². The molecule has 0 bridgehead atoms. The number of nitrogens with one attached hydrogen (secondary N) is 1. The Balaban J connectivity index is 1.41. The Labute approximate surface area is 167 Å². The van der Waals surface area contributed by atoms with Crippen LogP contribution in [0, 0.1) is 5.82 Å². The summed E-state index contributed by atoms with van der Waals surface area (Å²) in [6, 6.07) is 12.1. The highest BCUT2D eigenvalue weighted by Gasteiger charge is 2.20. The van der Waals surface area contributed by atoms with Crippen molar-refractivity contribution in [3.63, 3.8) is 0 Å². The van der Waals surface area contributed by atoms with Crippen LogP contribution in [0.25, 0.3) is 11.3 Å². The third kappa shape index (κ3) is 4.10. The molecule has 4 nitrogen and oxygen atoms in total. The van der Waals surface area contributed by atoms with Gasteiger partial charge in [0, 0.05) is 48.9 Å². The maximum atomic E-state index is 13.2. The fraction of sp³-hybridized carbons (Fsp3) is 0.250. The minimum atomic E-state index is -0.239.